The highest BCUT2D eigenvalue weighted by Gasteiger charge is 2.23. The van der Waals surface area contributed by atoms with Crippen LogP contribution in [0.3, 0.4) is 0 Å². The topological polar surface area (TPSA) is 26.3 Å². The summed E-state index contributed by atoms with van der Waals surface area (Å²) in [6.45, 7) is 7.12. The van der Waals surface area contributed by atoms with E-state index in [2.05, 4.69) is 19.6 Å². The molecule has 0 spiro atoms. The van der Waals surface area contributed by atoms with Crippen molar-refractivity contribution in [2.45, 2.75) is 39.0 Å². The smallest absolute Gasteiger partial charge is 0.143 e. The van der Waals surface area contributed by atoms with Crippen LogP contribution in [0.5, 0.6) is 0 Å². The first-order valence-electron chi connectivity index (χ1n) is 8.48. The molecule has 0 aromatic heterocycles. The second kappa shape index (κ2) is 8.89. The predicted molar refractivity (Wildman–Crippen MR) is 91.6 cm³/mol. The lowest BCUT2D eigenvalue weighted by Gasteiger charge is -2.09. The highest BCUT2D eigenvalue weighted by Crippen LogP contribution is 2.30. The number of hydrogen-bond acceptors (Lipinski definition) is 2. The largest absolute Gasteiger partial charge is 0.377 e. The standard InChI is InChI=1S/C20H28O2/c1-3-16(2)15-22-12-6-9-18-10-11-19(13-18)20(21)14-17-7-4-5-8-17/h3,6,9-11,13,16-17,19H,1,4-5,7-8,12,14-15H2,2H3/b9-6+. The number of ether oxygens (including phenoxy) is 1. The summed E-state index contributed by atoms with van der Waals surface area (Å²) >= 11 is 0. The van der Waals surface area contributed by atoms with E-state index in [9.17, 15) is 4.79 Å². The van der Waals surface area contributed by atoms with Crippen LogP contribution in [0.1, 0.15) is 39.0 Å². The van der Waals surface area contributed by atoms with E-state index < -0.39 is 0 Å². The molecule has 0 saturated heterocycles. The highest BCUT2D eigenvalue weighted by atomic mass is 16.5. The van der Waals surface area contributed by atoms with Crippen molar-refractivity contribution in [3.63, 3.8) is 0 Å². The zero-order chi connectivity index (χ0) is 15.8. The van der Waals surface area contributed by atoms with Crippen molar-refractivity contribution < 1.29 is 9.53 Å². The third-order valence-corrected chi connectivity index (χ3v) is 4.51. The number of rotatable bonds is 9. The number of carbonyl (C=O) groups excluding carboxylic acids is 1. The van der Waals surface area contributed by atoms with E-state index in [1.807, 2.05) is 30.4 Å². The Balaban J connectivity index is 1.71. The first kappa shape index (κ1) is 17.0. The van der Waals surface area contributed by atoms with Crippen molar-refractivity contribution in [3.8, 4) is 0 Å². The number of hydrogen-bond donors (Lipinski definition) is 0. The summed E-state index contributed by atoms with van der Waals surface area (Å²) in [4.78, 5) is 12.3. The summed E-state index contributed by atoms with van der Waals surface area (Å²) in [6.07, 6.45) is 17.9. The van der Waals surface area contributed by atoms with Gasteiger partial charge in [-0.2, -0.15) is 0 Å². The van der Waals surface area contributed by atoms with Crippen molar-refractivity contribution >= 4 is 5.78 Å². The van der Waals surface area contributed by atoms with Gasteiger partial charge in [-0.25, -0.2) is 0 Å². The predicted octanol–water partition coefficient (Wildman–Crippen LogP) is 4.64. The van der Waals surface area contributed by atoms with Crippen LogP contribution in [-0.2, 0) is 9.53 Å². The number of carbonyl (C=O) groups is 1. The Kier molecular flexibility index (Phi) is 6.85. The van der Waals surface area contributed by atoms with Gasteiger partial charge in [-0.1, -0.05) is 69.1 Å². The Morgan fingerprint density at radius 3 is 2.95 bits per heavy atom. The van der Waals surface area contributed by atoms with Crippen molar-refractivity contribution in [1.29, 1.82) is 0 Å². The van der Waals surface area contributed by atoms with E-state index >= 15 is 0 Å². The summed E-state index contributed by atoms with van der Waals surface area (Å²) in [5.74, 6) is 1.38. The molecule has 2 aliphatic carbocycles. The molecule has 2 unspecified atom stereocenters. The van der Waals surface area contributed by atoms with E-state index in [1.165, 1.54) is 25.7 Å². The fraction of sp³-hybridized carbons (Fsp3) is 0.550. The molecule has 22 heavy (non-hydrogen) atoms. The van der Waals surface area contributed by atoms with Crippen molar-refractivity contribution in [2.75, 3.05) is 13.2 Å². The molecule has 0 bridgehead atoms. The molecule has 0 aliphatic heterocycles. The van der Waals surface area contributed by atoms with Crippen LogP contribution < -0.4 is 0 Å². The Morgan fingerprint density at radius 2 is 2.23 bits per heavy atom. The molecule has 0 N–H and O–H groups in total. The van der Waals surface area contributed by atoms with E-state index in [0.29, 0.717) is 30.8 Å². The minimum absolute atomic E-state index is 0.0121. The lowest BCUT2D eigenvalue weighted by atomic mass is 9.94. The Hall–Kier alpha value is -1.41. The first-order chi connectivity index (χ1) is 10.7. The average Bonchev–Trinajstić information content (AvgIpc) is 3.18. The summed E-state index contributed by atoms with van der Waals surface area (Å²) in [6, 6.07) is 0. The first-order valence-corrected chi connectivity index (χ1v) is 8.48. The molecule has 2 nitrogen and oxygen atoms in total. The normalized spacial score (nSPS) is 23.1. The van der Waals surface area contributed by atoms with Gasteiger partial charge in [-0.05, 0) is 17.4 Å². The molecular weight excluding hydrogens is 272 g/mol. The molecule has 1 fully saturated rings. The Bertz CT molecular complexity index is 464. The molecule has 2 atom stereocenters. The number of allylic oxidation sites excluding steroid dienone is 5. The van der Waals surface area contributed by atoms with Crippen LogP contribution in [0.15, 0.2) is 48.6 Å². The fourth-order valence-electron chi connectivity index (χ4n) is 3.05. The monoisotopic (exact) mass is 300 g/mol. The molecular formula is C20H28O2. The van der Waals surface area contributed by atoms with Gasteiger partial charge in [0, 0.05) is 6.42 Å². The van der Waals surface area contributed by atoms with E-state index in [0.717, 1.165) is 12.0 Å². The van der Waals surface area contributed by atoms with Gasteiger partial charge in [0.2, 0.25) is 0 Å². The van der Waals surface area contributed by atoms with Gasteiger partial charge in [0.15, 0.2) is 0 Å². The molecule has 2 aliphatic rings. The maximum absolute atomic E-state index is 12.3. The lowest BCUT2D eigenvalue weighted by molar-refractivity contribution is -0.121. The van der Waals surface area contributed by atoms with Crippen molar-refractivity contribution in [3.05, 3.63) is 48.6 Å². The molecule has 0 heterocycles. The second-order valence-corrected chi connectivity index (χ2v) is 6.53. The van der Waals surface area contributed by atoms with Gasteiger partial charge in [0.05, 0.1) is 19.1 Å². The zero-order valence-electron chi connectivity index (χ0n) is 13.7. The van der Waals surface area contributed by atoms with Crippen LogP contribution >= 0.6 is 0 Å². The van der Waals surface area contributed by atoms with Gasteiger partial charge in [-0.3, -0.25) is 4.79 Å². The van der Waals surface area contributed by atoms with Gasteiger partial charge >= 0.3 is 0 Å². The van der Waals surface area contributed by atoms with Gasteiger partial charge in [0.25, 0.3) is 0 Å². The van der Waals surface area contributed by atoms with E-state index in [1.54, 1.807) is 0 Å². The Labute approximate surface area is 134 Å². The van der Waals surface area contributed by atoms with E-state index in [-0.39, 0.29) is 5.92 Å². The highest BCUT2D eigenvalue weighted by molar-refractivity contribution is 5.86. The summed E-state index contributed by atoms with van der Waals surface area (Å²) in [7, 11) is 0. The van der Waals surface area contributed by atoms with Gasteiger partial charge in [-0.15, -0.1) is 6.58 Å². The molecule has 2 rings (SSSR count). The molecule has 0 aromatic carbocycles. The molecule has 1 saturated carbocycles. The minimum atomic E-state index is -0.0121. The van der Waals surface area contributed by atoms with Crippen LogP contribution in [0.2, 0.25) is 0 Å². The quantitative estimate of drug-likeness (QED) is 0.458. The Morgan fingerprint density at radius 1 is 1.45 bits per heavy atom. The number of ketones is 1. The molecule has 0 aromatic rings. The third-order valence-electron chi connectivity index (χ3n) is 4.51. The summed E-state index contributed by atoms with van der Waals surface area (Å²) < 4.78 is 5.53. The van der Waals surface area contributed by atoms with Crippen LogP contribution in [0.25, 0.3) is 0 Å². The number of Topliss-reactive ketones (excluding diaryl/α,β-unsaturated/α-hetero) is 1. The average molecular weight is 300 g/mol. The summed E-state index contributed by atoms with van der Waals surface area (Å²) in [5, 5.41) is 0. The molecule has 2 heteroatoms. The van der Waals surface area contributed by atoms with Crippen LogP contribution in [0, 0.1) is 17.8 Å². The van der Waals surface area contributed by atoms with Crippen molar-refractivity contribution in [1.82, 2.24) is 0 Å². The van der Waals surface area contributed by atoms with Crippen LogP contribution in [0.4, 0.5) is 0 Å². The fourth-order valence-corrected chi connectivity index (χ4v) is 3.05. The second-order valence-electron chi connectivity index (χ2n) is 6.53. The van der Waals surface area contributed by atoms with Crippen molar-refractivity contribution in [2.24, 2.45) is 17.8 Å². The zero-order valence-corrected chi connectivity index (χ0v) is 13.7. The lowest BCUT2D eigenvalue weighted by Crippen LogP contribution is -2.12. The van der Waals surface area contributed by atoms with Gasteiger partial charge < -0.3 is 4.74 Å². The van der Waals surface area contributed by atoms with Crippen LogP contribution in [-0.4, -0.2) is 19.0 Å². The SMILES string of the molecule is C=CC(C)COC/C=C/C1=CC(C(=O)CC2CCCC2)C=C1. The van der Waals surface area contributed by atoms with E-state index in [4.69, 9.17) is 4.74 Å². The maximum atomic E-state index is 12.3. The molecule has 120 valence electrons. The molecule has 0 radical (unpaired) electrons. The minimum Gasteiger partial charge on any atom is -0.377 e. The van der Waals surface area contributed by atoms with Gasteiger partial charge in [0.1, 0.15) is 5.78 Å². The summed E-state index contributed by atoms with van der Waals surface area (Å²) in [5.41, 5.74) is 1.12. The third kappa shape index (κ3) is 5.42. The molecule has 0 amide bonds. The maximum Gasteiger partial charge on any atom is 0.143 e.